The molecule has 0 unspecified atom stereocenters. The van der Waals surface area contributed by atoms with E-state index in [2.05, 4.69) is 160 Å². The van der Waals surface area contributed by atoms with Gasteiger partial charge in [0, 0.05) is 70.1 Å². The minimum absolute atomic E-state index is 0.122. The van der Waals surface area contributed by atoms with E-state index in [4.69, 9.17) is 15.0 Å². The Morgan fingerprint density at radius 1 is 0.655 bits per heavy atom. The van der Waals surface area contributed by atoms with E-state index in [9.17, 15) is 0 Å². The molecule has 0 atom stereocenters. The molecule has 0 saturated heterocycles. The summed E-state index contributed by atoms with van der Waals surface area (Å²) < 4.78 is 5.10. The average molecular weight is 725 g/mol. The van der Waals surface area contributed by atoms with E-state index in [-0.39, 0.29) is 5.41 Å². The molecule has 0 fully saturated rings. The van der Waals surface area contributed by atoms with E-state index < -0.39 is 0 Å². The summed E-state index contributed by atoms with van der Waals surface area (Å²) in [4.78, 5) is 15.3. The number of fused-ring (bicyclic) bond motifs is 12. The molecule has 0 radical (unpaired) electrons. The second-order valence-electron chi connectivity index (χ2n) is 15.0. The van der Waals surface area contributed by atoms with Gasteiger partial charge in [-0.15, -0.1) is 11.3 Å². The molecular weight excluding hydrogens is 689 g/mol. The highest BCUT2D eigenvalue weighted by Crippen LogP contribution is 2.51. The number of thiophene rings is 1. The summed E-state index contributed by atoms with van der Waals surface area (Å²) in [6.07, 6.45) is 6.33. The lowest BCUT2D eigenvalue weighted by atomic mass is 9.81. The Hall–Kier alpha value is -6.43. The van der Waals surface area contributed by atoms with Crippen molar-refractivity contribution in [2.24, 2.45) is 0 Å². The van der Waals surface area contributed by atoms with Crippen molar-refractivity contribution in [1.82, 2.24) is 19.5 Å². The molecule has 262 valence electrons. The van der Waals surface area contributed by atoms with E-state index in [1.807, 2.05) is 29.7 Å². The van der Waals surface area contributed by atoms with Crippen LogP contribution in [0.5, 0.6) is 0 Å². The Labute approximate surface area is 322 Å². The third-order valence-corrected chi connectivity index (χ3v) is 13.0. The van der Waals surface area contributed by atoms with Crippen molar-refractivity contribution in [3.05, 3.63) is 162 Å². The molecule has 0 spiro atoms. The van der Waals surface area contributed by atoms with Gasteiger partial charge in [0.1, 0.15) is 11.2 Å². The van der Waals surface area contributed by atoms with Gasteiger partial charge in [0.15, 0.2) is 5.82 Å². The number of hydrogen-bond acceptors (Lipinski definition) is 4. The van der Waals surface area contributed by atoms with Crippen molar-refractivity contribution in [2.75, 3.05) is 0 Å². The van der Waals surface area contributed by atoms with E-state index in [0.29, 0.717) is 5.82 Å². The van der Waals surface area contributed by atoms with Gasteiger partial charge in [-0.25, -0.2) is 9.97 Å². The van der Waals surface area contributed by atoms with Crippen molar-refractivity contribution in [2.45, 2.75) is 33.1 Å². The minimum atomic E-state index is -0.122. The molecule has 55 heavy (non-hydrogen) atoms. The lowest BCUT2D eigenvalue weighted by molar-refractivity contribution is 0.660. The van der Waals surface area contributed by atoms with Crippen LogP contribution < -0.4 is 0 Å². The first-order valence-corrected chi connectivity index (χ1v) is 19.8. The molecule has 0 N–H and O–H groups in total. The molecular formula is C50H36N4S. The summed E-state index contributed by atoms with van der Waals surface area (Å²) in [5.41, 5.74) is 13.1. The summed E-state index contributed by atoms with van der Waals surface area (Å²) in [5.74, 6) is 0.678. The smallest absolute Gasteiger partial charge is 0.160 e. The predicted octanol–water partition coefficient (Wildman–Crippen LogP) is 13.6. The number of allylic oxidation sites excluding steroid dienone is 4. The minimum Gasteiger partial charge on any atom is -0.309 e. The topological polar surface area (TPSA) is 43.6 Å². The summed E-state index contributed by atoms with van der Waals surface area (Å²) >= 11 is 1.89. The number of para-hydroxylation sites is 1. The highest BCUT2D eigenvalue weighted by molar-refractivity contribution is 7.27. The zero-order valence-electron chi connectivity index (χ0n) is 31.1. The van der Waals surface area contributed by atoms with Gasteiger partial charge < -0.3 is 4.57 Å². The monoisotopic (exact) mass is 724 g/mol. The van der Waals surface area contributed by atoms with Crippen LogP contribution in [0, 0.1) is 0 Å². The number of pyridine rings is 1. The van der Waals surface area contributed by atoms with Crippen molar-refractivity contribution < 1.29 is 0 Å². The maximum atomic E-state index is 5.35. The summed E-state index contributed by atoms with van der Waals surface area (Å²) in [6.45, 7) is 8.91. The summed E-state index contributed by atoms with van der Waals surface area (Å²) in [6, 6.07) is 46.1. The van der Waals surface area contributed by atoms with Gasteiger partial charge in [0.2, 0.25) is 0 Å². The average Bonchev–Trinajstić information content (AvgIpc) is 3.85. The van der Waals surface area contributed by atoms with Gasteiger partial charge in [-0.05, 0) is 78.6 Å². The Bertz CT molecular complexity index is 3320. The van der Waals surface area contributed by atoms with Gasteiger partial charge in [0.25, 0.3) is 0 Å². The second kappa shape index (κ2) is 11.8. The molecule has 0 aliphatic heterocycles. The first-order chi connectivity index (χ1) is 27.0. The Balaban J connectivity index is 1.16. The fourth-order valence-corrected chi connectivity index (χ4v) is 10.6. The van der Waals surface area contributed by atoms with Crippen molar-refractivity contribution in [3.8, 4) is 28.3 Å². The molecule has 6 aromatic carbocycles. The highest BCUT2D eigenvalue weighted by Gasteiger charge is 2.37. The standard InChI is InChI=1S/C50H36N4S/c1-5-32-33-25-24-29(28-39(33)50(3,4)38(32)6-2)45-46-40(21-14-26-51-46)52-49(53-45)30-15-13-16-31(27-30)54-41-22-11-9-19-36(41)43-44-37-20-10-12-23-42(37)55-48(44)35-18-8-7-17-34(35)47(43)54/h5-28H,1-4H3/b32-5-,38-6+. The fourth-order valence-electron chi connectivity index (χ4n) is 9.37. The van der Waals surface area contributed by atoms with E-state index >= 15 is 0 Å². The zero-order valence-corrected chi connectivity index (χ0v) is 31.9. The molecule has 4 heterocycles. The molecule has 0 saturated carbocycles. The zero-order chi connectivity index (χ0) is 37.0. The maximum absolute atomic E-state index is 5.35. The van der Waals surface area contributed by atoms with Crippen molar-refractivity contribution in [1.29, 1.82) is 0 Å². The normalized spacial score (nSPS) is 15.5. The molecule has 1 aliphatic carbocycles. The van der Waals surface area contributed by atoms with Gasteiger partial charge >= 0.3 is 0 Å². The molecule has 10 aromatic rings. The Morgan fingerprint density at radius 2 is 1.44 bits per heavy atom. The fraction of sp³-hybridized carbons (Fsp3) is 0.100. The van der Waals surface area contributed by atoms with Crippen LogP contribution in [-0.2, 0) is 5.41 Å². The first kappa shape index (κ1) is 32.0. The van der Waals surface area contributed by atoms with Gasteiger partial charge in [-0.2, -0.15) is 0 Å². The van der Waals surface area contributed by atoms with Crippen LogP contribution in [0.4, 0.5) is 0 Å². The van der Waals surface area contributed by atoms with Gasteiger partial charge in [-0.3, -0.25) is 4.98 Å². The van der Waals surface area contributed by atoms with Crippen LogP contribution in [0.3, 0.4) is 0 Å². The van der Waals surface area contributed by atoms with Crippen LogP contribution in [-0.4, -0.2) is 19.5 Å². The van der Waals surface area contributed by atoms with Gasteiger partial charge in [0.05, 0.1) is 16.6 Å². The van der Waals surface area contributed by atoms with Crippen molar-refractivity contribution >= 4 is 80.7 Å². The van der Waals surface area contributed by atoms with Crippen LogP contribution in [0.2, 0.25) is 0 Å². The predicted molar refractivity (Wildman–Crippen MR) is 233 cm³/mol. The maximum Gasteiger partial charge on any atom is 0.160 e. The van der Waals surface area contributed by atoms with E-state index in [1.165, 1.54) is 75.0 Å². The largest absolute Gasteiger partial charge is 0.309 e. The quantitative estimate of drug-likeness (QED) is 0.182. The lowest BCUT2D eigenvalue weighted by Crippen LogP contribution is -2.15. The third kappa shape index (κ3) is 4.48. The third-order valence-electron chi connectivity index (χ3n) is 11.8. The van der Waals surface area contributed by atoms with E-state index in [1.54, 1.807) is 0 Å². The van der Waals surface area contributed by atoms with Crippen LogP contribution in [0.25, 0.3) is 97.7 Å². The summed E-state index contributed by atoms with van der Waals surface area (Å²) in [5, 5.41) is 7.70. The number of hydrogen-bond donors (Lipinski definition) is 0. The molecule has 1 aliphatic rings. The van der Waals surface area contributed by atoms with Crippen LogP contribution in [0.15, 0.2) is 151 Å². The van der Waals surface area contributed by atoms with Crippen LogP contribution >= 0.6 is 11.3 Å². The van der Waals surface area contributed by atoms with Crippen LogP contribution in [0.1, 0.15) is 38.8 Å². The molecule has 11 rings (SSSR count). The van der Waals surface area contributed by atoms with Gasteiger partial charge in [-0.1, -0.05) is 111 Å². The molecule has 0 amide bonds. The number of aromatic nitrogens is 4. The molecule has 4 nitrogen and oxygen atoms in total. The molecule has 5 heteroatoms. The Morgan fingerprint density at radius 3 is 2.27 bits per heavy atom. The van der Waals surface area contributed by atoms with Crippen molar-refractivity contribution in [3.63, 3.8) is 0 Å². The highest BCUT2D eigenvalue weighted by atomic mass is 32.1. The Kier molecular flexibility index (Phi) is 6.86. The molecule has 4 aromatic heterocycles. The molecule has 0 bridgehead atoms. The second-order valence-corrected chi connectivity index (χ2v) is 16.1. The summed E-state index contributed by atoms with van der Waals surface area (Å²) in [7, 11) is 0. The lowest BCUT2D eigenvalue weighted by Gasteiger charge is -2.22. The number of nitrogens with zero attached hydrogens (tertiary/aromatic N) is 4. The number of rotatable bonds is 3. The SMILES string of the molecule is C/C=C1\C(=C/C)c2ccc(-c3nc(-c4cccc(-n5c6ccccc6c6c7c8ccccc8sc7c7ccccc7c65)c4)nc4cccnc34)cc2C1(C)C. The first-order valence-electron chi connectivity index (χ1n) is 18.9. The van der Waals surface area contributed by atoms with E-state index in [0.717, 1.165) is 33.5 Å². The number of benzene rings is 6.